The second-order valence-corrected chi connectivity index (χ2v) is 8.00. The number of nitrogens with zero attached hydrogens (tertiary/aromatic N) is 1. The molecule has 1 aromatic rings. The van der Waals surface area contributed by atoms with Gasteiger partial charge in [0.15, 0.2) is 0 Å². The Bertz CT molecular complexity index is 440. The molecular formula is C16H24Br2N2. The molecule has 2 rings (SSSR count). The van der Waals surface area contributed by atoms with Crippen LogP contribution in [0.3, 0.4) is 0 Å². The van der Waals surface area contributed by atoms with Gasteiger partial charge in [-0.3, -0.25) is 0 Å². The van der Waals surface area contributed by atoms with Crippen molar-refractivity contribution < 1.29 is 0 Å². The summed E-state index contributed by atoms with van der Waals surface area (Å²) in [6.45, 7) is 11.3. The molecule has 1 heterocycles. The maximum Gasteiger partial charge on any atom is 0.0658 e. The summed E-state index contributed by atoms with van der Waals surface area (Å²) >= 11 is 7.45. The number of benzene rings is 1. The van der Waals surface area contributed by atoms with E-state index in [1.54, 1.807) is 0 Å². The highest BCUT2D eigenvalue weighted by Crippen LogP contribution is 2.37. The van der Waals surface area contributed by atoms with Crippen LogP contribution in [0.2, 0.25) is 0 Å². The molecule has 0 amide bonds. The monoisotopic (exact) mass is 402 g/mol. The minimum Gasteiger partial charge on any atom is -0.364 e. The van der Waals surface area contributed by atoms with Gasteiger partial charge in [-0.1, -0.05) is 33.8 Å². The molecule has 2 nitrogen and oxygen atoms in total. The summed E-state index contributed by atoms with van der Waals surface area (Å²) in [6.07, 6.45) is 0. The number of hydrogen-bond donors (Lipinski definition) is 1. The van der Waals surface area contributed by atoms with Crippen molar-refractivity contribution in [2.75, 3.05) is 18.0 Å². The summed E-state index contributed by atoms with van der Waals surface area (Å²) < 4.78 is 2.34. The summed E-state index contributed by atoms with van der Waals surface area (Å²) in [5.41, 5.74) is 1.29. The van der Waals surface area contributed by atoms with E-state index < -0.39 is 0 Å². The highest BCUT2D eigenvalue weighted by molar-refractivity contribution is 9.11. The van der Waals surface area contributed by atoms with E-state index in [2.05, 4.69) is 88.0 Å². The van der Waals surface area contributed by atoms with E-state index in [9.17, 15) is 0 Å². The largest absolute Gasteiger partial charge is 0.364 e. The zero-order valence-corrected chi connectivity index (χ0v) is 15.8. The molecule has 2 unspecified atom stereocenters. The van der Waals surface area contributed by atoms with E-state index in [1.165, 1.54) is 14.6 Å². The molecule has 1 aromatic carbocycles. The van der Waals surface area contributed by atoms with Gasteiger partial charge in [0.1, 0.15) is 0 Å². The van der Waals surface area contributed by atoms with Crippen molar-refractivity contribution >= 4 is 37.5 Å². The quantitative estimate of drug-likeness (QED) is 0.788. The van der Waals surface area contributed by atoms with Crippen LogP contribution >= 0.6 is 31.9 Å². The van der Waals surface area contributed by atoms with E-state index in [0.717, 1.165) is 13.1 Å². The zero-order chi connectivity index (χ0) is 14.9. The lowest BCUT2D eigenvalue weighted by molar-refractivity contribution is 0.295. The molecule has 0 aliphatic carbocycles. The Hall–Kier alpha value is -0.0600. The molecule has 0 radical (unpaired) electrons. The standard InChI is InChI=1S/C16H24Br2N2/c1-10(2)14-9-20(15(8-19-14)11(3)4)16-12(17)6-5-7-13(16)18/h5-7,10-11,14-15,19H,8-9H2,1-4H3. The summed E-state index contributed by atoms with van der Waals surface area (Å²) in [6, 6.07) is 7.40. The first-order chi connectivity index (χ1) is 9.41. The predicted molar refractivity (Wildman–Crippen MR) is 94.4 cm³/mol. The normalized spacial score (nSPS) is 23.7. The number of hydrogen-bond acceptors (Lipinski definition) is 2. The fourth-order valence-electron chi connectivity index (χ4n) is 2.86. The van der Waals surface area contributed by atoms with Gasteiger partial charge in [0.2, 0.25) is 0 Å². The Balaban J connectivity index is 2.36. The Morgan fingerprint density at radius 2 is 1.70 bits per heavy atom. The molecule has 0 aromatic heterocycles. The SMILES string of the molecule is CC(C)C1CN(c2c(Br)cccc2Br)C(C(C)C)CN1. The molecule has 112 valence electrons. The van der Waals surface area contributed by atoms with Gasteiger partial charge in [0, 0.05) is 34.1 Å². The van der Waals surface area contributed by atoms with Crippen molar-refractivity contribution in [2.24, 2.45) is 11.8 Å². The fraction of sp³-hybridized carbons (Fsp3) is 0.625. The predicted octanol–water partition coefficient (Wildman–Crippen LogP) is 4.67. The second-order valence-electron chi connectivity index (χ2n) is 6.29. The molecule has 2 atom stereocenters. The average molecular weight is 404 g/mol. The van der Waals surface area contributed by atoms with Crippen molar-refractivity contribution in [3.63, 3.8) is 0 Å². The molecule has 0 bridgehead atoms. The van der Waals surface area contributed by atoms with E-state index in [0.29, 0.717) is 23.9 Å². The fourth-order valence-corrected chi connectivity index (χ4v) is 4.31. The maximum atomic E-state index is 3.72. The minimum atomic E-state index is 0.528. The molecule has 20 heavy (non-hydrogen) atoms. The van der Waals surface area contributed by atoms with E-state index in [1.807, 2.05) is 0 Å². The lowest BCUT2D eigenvalue weighted by atomic mass is 9.93. The Kier molecular flexibility index (Phi) is 5.55. The van der Waals surface area contributed by atoms with E-state index in [-0.39, 0.29) is 0 Å². The van der Waals surface area contributed by atoms with Crippen LogP contribution in [-0.2, 0) is 0 Å². The molecule has 0 saturated carbocycles. The Morgan fingerprint density at radius 3 is 2.20 bits per heavy atom. The van der Waals surface area contributed by atoms with Crippen molar-refractivity contribution in [1.29, 1.82) is 0 Å². The first-order valence-corrected chi connectivity index (χ1v) is 8.94. The molecule has 1 N–H and O–H groups in total. The van der Waals surface area contributed by atoms with Crippen LogP contribution in [0.4, 0.5) is 5.69 Å². The third-order valence-corrected chi connectivity index (χ3v) is 5.46. The molecule has 1 aliphatic rings. The first kappa shape index (κ1) is 16.3. The lowest BCUT2D eigenvalue weighted by Crippen LogP contribution is -2.60. The van der Waals surface area contributed by atoms with Crippen LogP contribution in [0, 0.1) is 11.8 Å². The average Bonchev–Trinajstić information content (AvgIpc) is 2.38. The second kappa shape index (κ2) is 6.80. The number of rotatable bonds is 3. The van der Waals surface area contributed by atoms with Crippen molar-refractivity contribution in [1.82, 2.24) is 5.32 Å². The molecule has 1 saturated heterocycles. The van der Waals surface area contributed by atoms with Crippen molar-refractivity contribution in [3.05, 3.63) is 27.1 Å². The molecule has 1 aliphatic heterocycles. The molecule has 1 fully saturated rings. The molecular weight excluding hydrogens is 380 g/mol. The highest BCUT2D eigenvalue weighted by Gasteiger charge is 2.32. The first-order valence-electron chi connectivity index (χ1n) is 7.35. The summed E-state index contributed by atoms with van der Waals surface area (Å²) in [4.78, 5) is 2.57. The molecule has 4 heteroatoms. The van der Waals surface area contributed by atoms with Crippen LogP contribution in [-0.4, -0.2) is 25.2 Å². The third-order valence-electron chi connectivity index (χ3n) is 4.18. The summed E-state index contributed by atoms with van der Waals surface area (Å²) in [7, 11) is 0. The summed E-state index contributed by atoms with van der Waals surface area (Å²) in [5, 5.41) is 3.72. The van der Waals surface area contributed by atoms with Crippen LogP contribution in [0.25, 0.3) is 0 Å². The van der Waals surface area contributed by atoms with Gasteiger partial charge in [0.25, 0.3) is 0 Å². The maximum absolute atomic E-state index is 3.72. The number of halogens is 2. The zero-order valence-electron chi connectivity index (χ0n) is 12.7. The van der Waals surface area contributed by atoms with Crippen LogP contribution in [0.15, 0.2) is 27.1 Å². The number of nitrogens with one attached hydrogen (secondary N) is 1. The van der Waals surface area contributed by atoms with Crippen LogP contribution in [0.5, 0.6) is 0 Å². The lowest BCUT2D eigenvalue weighted by Gasteiger charge is -2.45. The van der Waals surface area contributed by atoms with Gasteiger partial charge in [-0.15, -0.1) is 0 Å². The number of piperazine rings is 1. The Labute approximate surface area is 139 Å². The molecule has 0 spiro atoms. The van der Waals surface area contributed by atoms with Gasteiger partial charge in [0.05, 0.1) is 5.69 Å². The van der Waals surface area contributed by atoms with Gasteiger partial charge in [-0.05, 0) is 55.8 Å². The van der Waals surface area contributed by atoms with Crippen molar-refractivity contribution in [3.8, 4) is 0 Å². The smallest absolute Gasteiger partial charge is 0.0658 e. The van der Waals surface area contributed by atoms with Gasteiger partial charge in [-0.2, -0.15) is 0 Å². The van der Waals surface area contributed by atoms with Gasteiger partial charge in [-0.25, -0.2) is 0 Å². The van der Waals surface area contributed by atoms with Crippen LogP contribution in [0.1, 0.15) is 27.7 Å². The number of anilines is 1. The van der Waals surface area contributed by atoms with E-state index in [4.69, 9.17) is 0 Å². The highest BCUT2D eigenvalue weighted by atomic mass is 79.9. The van der Waals surface area contributed by atoms with Crippen LogP contribution < -0.4 is 10.2 Å². The third kappa shape index (κ3) is 3.40. The Morgan fingerprint density at radius 1 is 1.10 bits per heavy atom. The topological polar surface area (TPSA) is 15.3 Å². The minimum absolute atomic E-state index is 0.528. The van der Waals surface area contributed by atoms with Crippen molar-refractivity contribution in [2.45, 2.75) is 39.8 Å². The number of para-hydroxylation sites is 1. The van der Waals surface area contributed by atoms with Gasteiger partial charge >= 0.3 is 0 Å². The van der Waals surface area contributed by atoms with Gasteiger partial charge < -0.3 is 10.2 Å². The van der Waals surface area contributed by atoms with E-state index >= 15 is 0 Å². The summed E-state index contributed by atoms with van der Waals surface area (Å²) in [5.74, 6) is 1.27.